The molecule has 1 saturated carbocycles. The van der Waals surface area contributed by atoms with Gasteiger partial charge in [0.15, 0.2) is 0 Å². The smallest absolute Gasteiger partial charge is 0.410 e. The highest BCUT2D eigenvalue weighted by Gasteiger charge is 2.48. The van der Waals surface area contributed by atoms with E-state index in [1.165, 1.54) is 18.5 Å². The number of hydrogen-bond acceptors (Lipinski definition) is 8. The van der Waals surface area contributed by atoms with Gasteiger partial charge in [0.05, 0.1) is 17.3 Å². The van der Waals surface area contributed by atoms with E-state index in [-0.39, 0.29) is 40.8 Å². The summed E-state index contributed by atoms with van der Waals surface area (Å²) in [5.41, 5.74) is 5.68. The van der Waals surface area contributed by atoms with E-state index in [1.807, 2.05) is 39.0 Å². The predicted molar refractivity (Wildman–Crippen MR) is 142 cm³/mol. The Morgan fingerprint density at radius 1 is 1.13 bits per heavy atom. The van der Waals surface area contributed by atoms with Crippen LogP contribution in [0.2, 0.25) is 0 Å². The second-order valence-corrected chi connectivity index (χ2v) is 10.7. The molecule has 3 atom stereocenters. The number of nitrogen functional groups attached to an aromatic ring is 1. The first-order valence-corrected chi connectivity index (χ1v) is 12.6. The first kappa shape index (κ1) is 25.4. The third-order valence-corrected chi connectivity index (χ3v) is 6.75. The van der Waals surface area contributed by atoms with Crippen LogP contribution in [-0.2, 0) is 4.74 Å². The van der Waals surface area contributed by atoms with Gasteiger partial charge in [-0.05, 0) is 63.8 Å². The molecule has 198 valence electrons. The number of carbonyl (C=O) groups excluding carboxylic acids is 1. The van der Waals surface area contributed by atoms with Crippen LogP contribution in [0.15, 0.2) is 54.9 Å². The number of piperidine rings is 1. The van der Waals surface area contributed by atoms with Crippen molar-refractivity contribution in [3.63, 3.8) is 0 Å². The van der Waals surface area contributed by atoms with Crippen molar-refractivity contribution in [1.29, 1.82) is 5.41 Å². The molecule has 0 spiro atoms. The van der Waals surface area contributed by atoms with Crippen LogP contribution in [0, 0.1) is 17.1 Å². The molecule has 3 aromatic rings. The van der Waals surface area contributed by atoms with Crippen LogP contribution in [0.5, 0.6) is 11.5 Å². The molecular formula is C28H31FN6O3. The van der Waals surface area contributed by atoms with E-state index in [0.717, 1.165) is 12.8 Å². The summed E-state index contributed by atoms with van der Waals surface area (Å²) in [6, 6.07) is 13.2. The number of carbonyl (C=O) groups is 1. The van der Waals surface area contributed by atoms with Crippen molar-refractivity contribution in [2.24, 2.45) is 5.92 Å². The van der Waals surface area contributed by atoms with Crippen molar-refractivity contribution in [1.82, 2.24) is 14.9 Å². The predicted octanol–water partition coefficient (Wildman–Crippen LogP) is 5.22. The van der Waals surface area contributed by atoms with Gasteiger partial charge < -0.3 is 25.4 Å². The summed E-state index contributed by atoms with van der Waals surface area (Å²) in [6.45, 7) is 6.18. The van der Waals surface area contributed by atoms with Crippen LogP contribution >= 0.6 is 0 Å². The van der Waals surface area contributed by atoms with Gasteiger partial charge in [0, 0.05) is 24.2 Å². The first-order valence-electron chi connectivity index (χ1n) is 12.6. The average Bonchev–Trinajstić information content (AvgIpc) is 3.44. The maximum absolute atomic E-state index is 15.2. The normalized spacial score (nSPS) is 20.3. The number of para-hydroxylation sites is 1. The zero-order valence-electron chi connectivity index (χ0n) is 21.6. The Hall–Kier alpha value is -4.21. The lowest BCUT2D eigenvalue weighted by molar-refractivity contribution is 0.0179. The van der Waals surface area contributed by atoms with E-state index in [1.54, 1.807) is 23.1 Å². The van der Waals surface area contributed by atoms with Crippen LogP contribution in [0.4, 0.5) is 20.8 Å². The number of benzene rings is 2. The maximum Gasteiger partial charge on any atom is 0.410 e. The molecule has 3 unspecified atom stereocenters. The molecule has 2 fully saturated rings. The van der Waals surface area contributed by atoms with E-state index >= 15 is 4.39 Å². The van der Waals surface area contributed by atoms with Crippen molar-refractivity contribution in [3.05, 3.63) is 71.8 Å². The number of halogens is 1. The fraction of sp³-hybridized carbons (Fsp3) is 0.357. The number of rotatable bonds is 6. The van der Waals surface area contributed by atoms with Crippen LogP contribution in [0.25, 0.3) is 0 Å². The molecule has 1 aromatic heterocycles. The Bertz CT molecular complexity index is 1360. The molecule has 1 aliphatic heterocycles. The van der Waals surface area contributed by atoms with Crippen molar-refractivity contribution in [3.8, 4) is 11.5 Å². The lowest BCUT2D eigenvalue weighted by Crippen LogP contribution is -2.49. The van der Waals surface area contributed by atoms with Crippen LogP contribution < -0.4 is 15.8 Å². The van der Waals surface area contributed by atoms with Gasteiger partial charge in [0.2, 0.25) is 0 Å². The number of aromatic nitrogens is 2. The zero-order chi connectivity index (χ0) is 27.0. The largest absolute Gasteiger partial charge is 0.457 e. The molecule has 2 aliphatic rings. The first-order chi connectivity index (χ1) is 18.1. The maximum atomic E-state index is 15.2. The van der Waals surface area contributed by atoms with Gasteiger partial charge in [0.1, 0.15) is 40.9 Å². The molecule has 2 aromatic carbocycles. The zero-order valence-corrected chi connectivity index (χ0v) is 21.6. The number of likely N-dealkylation sites (tertiary alicyclic amines) is 1. The second kappa shape index (κ2) is 9.92. The van der Waals surface area contributed by atoms with Gasteiger partial charge in [-0.2, -0.15) is 0 Å². The third kappa shape index (κ3) is 5.25. The van der Waals surface area contributed by atoms with Gasteiger partial charge >= 0.3 is 6.09 Å². The molecular weight excluding hydrogens is 487 g/mol. The summed E-state index contributed by atoms with van der Waals surface area (Å²) < 4.78 is 26.5. The number of ether oxygens (including phenoxy) is 2. The third-order valence-electron chi connectivity index (χ3n) is 6.75. The standard InChI is InChI=1S/C28H31FN6O3/c1-28(2,3)38-27(36)35-14-16-11-21(22(35)12-16)34-26-23(25(31)32-15-33-26)24(30)19-10-9-18(13-20(19)29)37-17-7-5-4-6-8-17/h4-10,13,15-16,21-22,30H,11-12,14H2,1-3H3,(H3,31,32,33,34). The van der Waals surface area contributed by atoms with E-state index in [4.69, 9.17) is 20.6 Å². The summed E-state index contributed by atoms with van der Waals surface area (Å²) in [6.07, 6.45) is 2.65. The number of hydrogen-bond donors (Lipinski definition) is 3. The molecule has 0 radical (unpaired) electrons. The molecule has 10 heteroatoms. The molecule has 1 amide bonds. The Labute approximate surface area is 220 Å². The Kier molecular flexibility index (Phi) is 6.64. The van der Waals surface area contributed by atoms with Gasteiger partial charge in [-0.15, -0.1) is 0 Å². The average molecular weight is 519 g/mol. The SMILES string of the molecule is CC(C)(C)OC(=O)N1CC2CC(Nc3ncnc(N)c3C(=N)c3ccc(Oc4ccccc4)cc3F)C1C2. The second-order valence-electron chi connectivity index (χ2n) is 10.7. The van der Waals surface area contributed by atoms with Gasteiger partial charge in [0.25, 0.3) is 0 Å². The van der Waals surface area contributed by atoms with Crippen molar-refractivity contribution in [2.45, 2.75) is 51.3 Å². The Balaban J connectivity index is 1.36. The summed E-state index contributed by atoms with van der Waals surface area (Å²) in [4.78, 5) is 22.9. The van der Waals surface area contributed by atoms with Crippen LogP contribution in [0.1, 0.15) is 44.7 Å². The van der Waals surface area contributed by atoms with E-state index in [9.17, 15) is 4.79 Å². The number of nitrogens with zero attached hydrogens (tertiary/aromatic N) is 3. The molecule has 1 saturated heterocycles. The highest BCUT2D eigenvalue weighted by atomic mass is 19.1. The van der Waals surface area contributed by atoms with Crippen molar-refractivity contribution < 1.29 is 18.7 Å². The highest BCUT2D eigenvalue weighted by Crippen LogP contribution is 2.40. The molecule has 2 heterocycles. The van der Waals surface area contributed by atoms with Crippen molar-refractivity contribution >= 4 is 23.4 Å². The van der Waals surface area contributed by atoms with Crippen LogP contribution in [0.3, 0.4) is 0 Å². The monoisotopic (exact) mass is 518 g/mol. The van der Waals surface area contributed by atoms with Crippen molar-refractivity contribution in [2.75, 3.05) is 17.6 Å². The highest BCUT2D eigenvalue weighted by molar-refractivity contribution is 6.16. The van der Waals surface area contributed by atoms with E-state index < -0.39 is 11.4 Å². The number of fused-ring (bicyclic) bond motifs is 2. The number of nitrogens with one attached hydrogen (secondary N) is 2. The van der Waals surface area contributed by atoms with E-state index in [0.29, 0.717) is 29.8 Å². The Morgan fingerprint density at radius 3 is 2.58 bits per heavy atom. The molecule has 2 bridgehead atoms. The molecule has 38 heavy (non-hydrogen) atoms. The fourth-order valence-corrected chi connectivity index (χ4v) is 5.16. The summed E-state index contributed by atoms with van der Waals surface area (Å²) in [5, 5.41) is 12.2. The molecule has 4 N–H and O–H groups in total. The summed E-state index contributed by atoms with van der Waals surface area (Å²) in [5.74, 6) is 0.977. The minimum atomic E-state index is -0.631. The number of anilines is 2. The van der Waals surface area contributed by atoms with E-state index in [2.05, 4.69) is 15.3 Å². The van der Waals surface area contributed by atoms with Gasteiger partial charge in [-0.25, -0.2) is 19.2 Å². The van der Waals surface area contributed by atoms with Gasteiger partial charge in [-0.1, -0.05) is 18.2 Å². The lowest BCUT2D eigenvalue weighted by atomic mass is 10.0. The van der Waals surface area contributed by atoms with Gasteiger partial charge in [-0.3, -0.25) is 5.41 Å². The Morgan fingerprint density at radius 2 is 1.89 bits per heavy atom. The van der Waals surface area contributed by atoms with Crippen LogP contribution in [-0.4, -0.2) is 50.9 Å². The minimum absolute atomic E-state index is 0.0401. The summed E-state index contributed by atoms with van der Waals surface area (Å²) in [7, 11) is 0. The minimum Gasteiger partial charge on any atom is -0.457 e. The number of amides is 1. The summed E-state index contributed by atoms with van der Waals surface area (Å²) >= 11 is 0. The quantitative estimate of drug-likeness (QED) is 0.382. The topological polar surface area (TPSA) is 126 Å². The lowest BCUT2D eigenvalue weighted by Gasteiger charge is -2.35. The fourth-order valence-electron chi connectivity index (χ4n) is 5.16. The molecule has 9 nitrogen and oxygen atoms in total. The molecule has 1 aliphatic carbocycles. The number of nitrogens with two attached hydrogens (primary N) is 1. The molecule has 5 rings (SSSR count).